The second kappa shape index (κ2) is 4.20. The van der Waals surface area contributed by atoms with E-state index < -0.39 is 11.7 Å². The van der Waals surface area contributed by atoms with Gasteiger partial charge in [0, 0.05) is 12.0 Å². The van der Waals surface area contributed by atoms with E-state index in [1.165, 1.54) is 13.2 Å². The summed E-state index contributed by atoms with van der Waals surface area (Å²) in [6.07, 6.45) is 4.14. The minimum absolute atomic E-state index is 0.250. The van der Waals surface area contributed by atoms with Crippen molar-refractivity contribution in [3.8, 4) is 0 Å². The second-order valence-electron chi connectivity index (χ2n) is 4.20. The summed E-state index contributed by atoms with van der Waals surface area (Å²) < 4.78 is 18.2. The zero-order valence-corrected chi connectivity index (χ0v) is 9.03. The van der Waals surface area contributed by atoms with Gasteiger partial charge in [-0.2, -0.15) is 0 Å². The van der Waals surface area contributed by atoms with Crippen LogP contribution >= 0.6 is 0 Å². The van der Waals surface area contributed by atoms with Crippen molar-refractivity contribution >= 4 is 11.8 Å². The van der Waals surface area contributed by atoms with E-state index in [0.717, 1.165) is 11.6 Å². The van der Waals surface area contributed by atoms with Crippen molar-refractivity contribution in [3.05, 3.63) is 23.6 Å². The molecule has 3 nitrogen and oxygen atoms in total. The van der Waals surface area contributed by atoms with Crippen molar-refractivity contribution in [1.82, 2.24) is 0 Å². The number of halogens is 1. The third-order valence-electron chi connectivity index (χ3n) is 3.22. The van der Waals surface area contributed by atoms with Gasteiger partial charge in [-0.25, -0.2) is 4.39 Å². The van der Waals surface area contributed by atoms with Crippen LogP contribution in [0.25, 0.3) is 0 Å². The SMILES string of the molecule is COC(=O)C1CCC2=CC(=O)C=C(F)C2C1. The first-order valence-corrected chi connectivity index (χ1v) is 5.31. The molecule has 2 rings (SSSR count). The molecule has 0 aromatic heterocycles. The lowest BCUT2D eigenvalue weighted by Crippen LogP contribution is -2.27. The molecule has 0 aromatic carbocycles. The fourth-order valence-electron chi connectivity index (χ4n) is 2.37. The molecule has 0 N–H and O–H groups in total. The molecule has 2 atom stereocenters. The van der Waals surface area contributed by atoms with Crippen LogP contribution in [0.1, 0.15) is 19.3 Å². The van der Waals surface area contributed by atoms with Crippen molar-refractivity contribution in [2.45, 2.75) is 19.3 Å². The summed E-state index contributed by atoms with van der Waals surface area (Å²) in [6, 6.07) is 0. The maximum Gasteiger partial charge on any atom is 0.308 e. The van der Waals surface area contributed by atoms with E-state index in [1.54, 1.807) is 0 Å². The van der Waals surface area contributed by atoms with Gasteiger partial charge in [-0.3, -0.25) is 9.59 Å². The van der Waals surface area contributed by atoms with Crippen LogP contribution in [0.2, 0.25) is 0 Å². The highest BCUT2D eigenvalue weighted by atomic mass is 19.1. The Balaban J connectivity index is 2.15. The number of ketones is 1. The van der Waals surface area contributed by atoms with Crippen molar-refractivity contribution in [2.24, 2.45) is 11.8 Å². The van der Waals surface area contributed by atoms with Crippen LogP contribution in [0.15, 0.2) is 23.6 Å². The molecule has 0 aliphatic heterocycles. The quantitative estimate of drug-likeness (QED) is 0.639. The first-order chi connectivity index (χ1) is 7.61. The standard InChI is InChI=1S/C12H13FO3/c1-16-12(15)8-3-2-7-4-9(14)6-11(13)10(7)5-8/h4,6,8,10H,2-3,5H2,1H3. The van der Waals surface area contributed by atoms with E-state index in [9.17, 15) is 14.0 Å². The van der Waals surface area contributed by atoms with Crippen LogP contribution in [0.3, 0.4) is 0 Å². The lowest BCUT2D eigenvalue weighted by molar-refractivity contribution is -0.146. The van der Waals surface area contributed by atoms with Gasteiger partial charge in [-0.15, -0.1) is 0 Å². The van der Waals surface area contributed by atoms with Gasteiger partial charge >= 0.3 is 5.97 Å². The largest absolute Gasteiger partial charge is 0.469 e. The van der Waals surface area contributed by atoms with E-state index in [1.807, 2.05) is 0 Å². The summed E-state index contributed by atoms with van der Waals surface area (Å²) in [4.78, 5) is 22.5. The van der Waals surface area contributed by atoms with Gasteiger partial charge in [0.25, 0.3) is 0 Å². The lowest BCUT2D eigenvalue weighted by atomic mass is 9.75. The molecule has 0 bridgehead atoms. The van der Waals surface area contributed by atoms with Crippen LogP contribution in [-0.2, 0) is 14.3 Å². The molecular weight excluding hydrogens is 211 g/mol. The maximum atomic E-state index is 13.6. The molecule has 0 saturated heterocycles. The van der Waals surface area contributed by atoms with Gasteiger partial charge in [0.05, 0.1) is 13.0 Å². The van der Waals surface area contributed by atoms with Crippen LogP contribution in [0, 0.1) is 11.8 Å². The average Bonchev–Trinajstić information content (AvgIpc) is 2.27. The Morgan fingerprint density at radius 1 is 1.50 bits per heavy atom. The van der Waals surface area contributed by atoms with E-state index in [-0.39, 0.29) is 17.7 Å². The molecule has 0 heterocycles. The number of allylic oxidation sites excluding steroid dienone is 4. The topological polar surface area (TPSA) is 43.4 Å². The number of carbonyl (C=O) groups excluding carboxylic acids is 2. The molecule has 4 heteroatoms. The second-order valence-corrected chi connectivity index (χ2v) is 4.20. The Hall–Kier alpha value is -1.45. The van der Waals surface area contributed by atoms with Crippen LogP contribution in [-0.4, -0.2) is 18.9 Å². The molecule has 0 spiro atoms. The fourth-order valence-corrected chi connectivity index (χ4v) is 2.37. The normalized spacial score (nSPS) is 29.0. The summed E-state index contributed by atoms with van der Waals surface area (Å²) >= 11 is 0. The molecule has 0 aromatic rings. The zero-order valence-electron chi connectivity index (χ0n) is 9.03. The zero-order chi connectivity index (χ0) is 11.7. The van der Waals surface area contributed by atoms with E-state index in [0.29, 0.717) is 19.3 Å². The number of fused-ring (bicyclic) bond motifs is 1. The van der Waals surface area contributed by atoms with Crippen LogP contribution in [0.5, 0.6) is 0 Å². The molecule has 2 unspecified atom stereocenters. The number of hydrogen-bond acceptors (Lipinski definition) is 3. The molecule has 2 aliphatic carbocycles. The Kier molecular flexibility index (Phi) is 2.90. The Morgan fingerprint density at radius 3 is 2.94 bits per heavy atom. The fraction of sp³-hybridized carbons (Fsp3) is 0.500. The summed E-state index contributed by atoms with van der Waals surface area (Å²) in [6.45, 7) is 0. The molecule has 0 amide bonds. The van der Waals surface area contributed by atoms with Crippen molar-refractivity contribution < 1.29 is 18.7 Å². The number of esters is 1. The third-order valence-corrected chi connectivity index (χ3v) is 3.22. The highest BCUT2D eigenvalue weighted by molar-refractivity contribution is 6.01. The monoisotopic (exact) mass is 224 g/mol. The molecule has 0 radical (unpaired) electrons. The molecule has 16 heavy (non-hydrogen) atoms. The maximum absolute atomic E-state index is 13.6. The van der Waals surface area contributed by atoms with Crippen LogP contribution in [0.4, 0.5) is 4.39 Å². The Labute approximate surface area is 93.0 Å². The highest BCUT2D eigenvalue weighted by Crippen LogP contribution is 2.40. The predicted molar refractivity (Wildman–Crippen MR) is 55.1 cm³/mol. The average molecular weight is 224 g/mol. The Bertz CT molecular complexity index is 395. The van der Waals surface area contributed by atoms with E-state index >= 15 is 0 Å². The van der Waals surface area contributed by atoms with Gasteiger partial charge in [0.1, 0.15) is 5.83 Å². The number of carbonyl (C=O) groups is 2. The predicted octanol–water partition coefficient (Wildman–Crippen LogP) is 1.94. The van der Waals surface area contributed by atoms with E-state index in [2.05, 4.69) is 4.74 Å². The number of ether oxygens (including phenoxy) is 1. The lowest BCUT2D eigenvalue weighted by Gasteiger charge is -2.30. The third kappa shape index (κ3) is 1.92. The minimum Gasteiger partial charge on any atom is -0.469 e. The summed E-state index contributed by atoms with van der Waals surface area (Å²) in [5, 5.41) is 0. The van der Waals surface area contributed by atoms with Crippen molar-refractivity contribution in [3.63, 3.8) is 0 Å². The molecule has 86 valence electrons. The number of rotatable bonds is 1. The molecular formula is C12H13FO3. The molecule has 2 aliphatic rings. The minimum atomic E-state index is -0.420. The first kappa shape index (κ1) is 11.0. The van der Waals surface area contributed by atoms with Gasteiger partial charge in [0.2, 0.25) is 0 Å². The summed E-state index contributed by atoms with van der Waals surface area (Å²) in [5.74, 6) is -1.64. The Morgan fingerprint density at radius 2 is 2.25 bits per heavy atom. The summed E-state index contributed by atoms with van der Waals surface area (Å²) in [7, 11) is 1.34. The summed E-state index contributed by atoms with van der Waals surface area (Å²) in [5.41, 5.74) is 0.810. The number of methoxy groups -OCH3 is 1. The van der Waals surface area contributed by atoms with Gasteiger partial charge in [-0.1, -0.05) is 5.57 Å². The highest BCUT2D eigenvalue weighted by Gasteiger charge is 2.35. The van der Waals surface area contributed by atoms with Gasteiger partial charge < -0.3 is 4.74 Å². The smallest absolute Gasteiger partial charge is 0.308 e. The first-order valence-electron chi connectivity index (χ1n) is 5.31. The van der Waals surface area contributed by atoms with Gasteiger partial charge in [0.15, 0.2) is 5.78 Å². The van der Waals surface area contributed by atoms with Crippen LogP contribution < -0.4 is 0 Å². The van der Waals surface area contributed by atoms with Crippen molar-refractivity contribution in [1.29, 1.82) is 0 Å². The number of hydrogen-bond donors (Lipinski definition) is 0. The molecule has 1 saturated carbocycles. The van der Waals surface area contributed by atoms with Crippen molar-refractivity contribution in [2.75, 3.05) is 7.11 Å². The molecule has 1 fully saturated rings. The van der Waals surface area contributed by atoms with E-state index in [4.69, 9.17) is 0 Å². The van der Waals surface area contributed by atoms with Gasteiger partial charge in [-0.05, 0) is 25.3 Å².